The fourth-order valence-corrected chi connectivity index (χ4v) is 9.10. The summed E-state index contributed by atoms with van der Waals surface area (Å²) in [5.74, 6) is -1.47. The van der Waals surface area contributed by atoms with E-state index in [4.69, 9.17) is 27.9 Å². The van der Waals surface area contributed by atoms with Crippen LogP contribution in [0.4, 0.5) is 10.7 Å². The summed E-state index contributed by atoms with van der Waals surface area (Å²) >= 11 is 15.6. The number of thioether (sulfide) groups is 1. The van der Waals surface area contributed by atoms with Gasteiger partial charge in [-0.2, -0.15) is 0 Å². The first-order valence-corrected chi connectivity index (χ1v) is 19.8. The molecule has 1 heterocycles. The Hall–Kier alpha value is -4.87. The Morgan fingerprint density at radius 3 is 2.28 bits per heavy atom. The molecular formula is C42H37Cl2N3O5S2. The number of ether oxygens (including phenoxy) is 1. The zero-order chi connectivity index (χ0) is 38.2. The molecule has 0 radical (unpaired) electrons. The Morgan fingerprint density at radius 2 is 1.59 bits per heavy atom. The van der Waals surface area contributed by atoms with E-state index in [2.05, 4.69) is 28.1 Å². The molecule has 8 nitrogen and oxygen atoms in total. The number of hydrogen-bond donors (Lipinski definition) is 3. The van der Waals surface area contributed by atoms with Crippen LogP contribution < -0.4 is 16.0 Å². The minimum atomic E-state index is -0.603. The van der Waals surface area contributed by atoms with E-state index in [1.807, 2.05) is 31.2 Å². The van der Waals surface area contributed by atoms with Crippen LogP contribution in [0.1, 0.15) is 68.0 Å². The van der Waals surface area contributed by atoms with Crippen molar-refractivity contribution in [1.29, 1.82) is 0 Å². The van der Waals surface area contributed by atoms with Crippen LogP contribution in [0.2, 0.25) is 10.0 Å². The quantitative estimate of drug-likeness (QED) is 0.0658. The number of rotatable bonds is 12. The molecule has 4 aromatic carbocycles. The highest BCUT2D eigenvalue weighted by atomic mass is 35.5. The van der Waals surface area contributed by atoms with E-state index in [1.54, 1.807) is 66.7 Å². The topological polar surface area (TPSA) is 114 Å². The van der Waals surface area contributed by atoms with Crippen LogP contribution in [-0.2, 0) is 27.2 Å². The molecule has 1 aliphatic carbocycles. The molecule has 2 atom stereocenters. The van der Waals surface area contributed by atoms with Crippen molar-refractivity contribution < 1.29 is 23.9 Å². The van der Waals surface area contributed by atoms with E-state index in [0.29, 0.717) is 56.2 Å². The normalized spacial score (nSPS) is 14.4. The fourth-order valence-electron chi connectivity index (χ4n) is 6.26. The third-order valence-electron chi connectivity index (χ3n) is 9.01. The van der Waals surface area contributed by atoms with Crippen molar-refractivity contribution in [3.8, 4) is 0 Å². The first-order chi connectivity index (χ1) is 26.1. The van der Waals surface area contributed by atoms with Gasteiger partial charge in [0.2, 0.25) is 5.91 Å². The van der Waals surface area contributed by atoms with Crippen molar-refractivity contribution in [3.63, 3.8) is 0 Å². The number of benzene rings is 4. The van der Waals surface area contributed by atoms with Gasteiger partial charge < -0.3 is 20.7 Å². The number of carbonyl (C=O) groups is 4. The number of methoxy groups -OCH3 is 1. The Kier molecular flexibility index (Phi) is 12.9. The summed E-state index contributed by atoms with van der Waals surface area (Å²) in [4.78, 5) is 55.5. The summed E-state index contributed by atoms with van der Waals surface area (Å²) in [5.41, 5.74) is 3.75. The first-order valence-electron chi connectivity index (χ1n) is 17.3. The SMILES string of the molecule is CCC(Sc1cccc(NC(=O)/C(=C\c2c(Cl)cccc2Cl)NC(=O)c2ccccc2)c1)C(=O)Nc1sc2c(c1C(=O)OC)CCC(c1ccccc1)C2. The molecule has 1 aromatic heterocycles. The minimum Gasteiger partial charge on any atom is -0.465 e. The summed E-state index contributed by atoms with van der Waals surface area (Å²) in [5, 5.41) is 9.21. The van der Waals surface area contributed by atoms with Crippen LogP contribution >= 0.6 is 46.3 Å². The number of halogens is 2. The molecule has 2 unspecified atom stereocenters. The predicted molar refractivity (Wildman–Crippen MR) is 219 cm³/mol. The lowest BCUT2D eigenvalue weighted by Gasteiger charge is -2.22. The Morgan fingerprint density at radius 1 is 0.907 bits per heavy atom. The number of esters is 1. The average Bonchev–Trinajstić information content (AvgIpc) is 3.55. The summed E-state index contributed by atoms with van der Waals surface area (Å²) in [6.45, 7) is 1.92. The van der Waals surface area contributed by atoms with Gasteiger partial charge in [0.25, 0.3) is 11.8 Å². The van der Waals surface area contributed by atoms with Crippen molar-refractivity contribution in [1.82, 2.24) is 5.32 Å². The van der Waals surface area contributed by atoms with Gasteiger partial charge in [0.05, 0.1) is 17.9 Å². The molecule has 276 valence electrons. The molecule has 12 heteroatoms. The van der Waals surface area contributed by atoms with Gasteiger partial charge in [0.15, 0.2) is 0 Å². The number of hydrogen-bond acceptors (Lipinski definition) is 7. The number of nitrogens with one attached hydrogen (secondary N) is 3. The smallest absolute Gasteiger partial charge is 0.341 e. The largest absolute Gasteiger partial charge is 0.465 e. The Balaban J connectivity index is 1.18. The first kappa shape index (κ1) is 38.8. The molecule has 0 spiro atoms. The van der Waals surface area contributed by atoms with Crippen LogP contribution in [-0.4, -0.2) is 36.1 Å². The molecule has 54 heavy (non-hydrogen) atoms. The van der Waals surface area contributed by atoms with Crippen LogP contribution in [0.3, 0.4) is 0 Å². The lowest BCUT2D eigenvalue weighted by atomic mass is 9.83. The molecule has 1 aliphatic rings. The van der Waals surface area contributed by atoms with Gasteiger partial charge in [-0.15, -0.1) is 23.1 Å². The van der Waals surface area contributed by atoms with Gasteiger partial charge in [0.1, 0.15) is 10.7 Å². The van der Waals surface area contributed by atoms with Crippen molar-refractivity contribution in [2.75, 3.05) is 17.7 Å². The average molecular weight is 799 g/mol. The van der Waals surface area contributed by atoms with Crippen molar-refractivity contribution in [2.24, 2.45) is 0 Å². The maximum atomic E-state index is 13.8. The molecule has 6 rings (SSSR count). The van der Waals surface area contributed by atoms with Crippen LogP contribution in [0.5, 0.6) is 0 Å². The summed E-state index contributed by atoms with van der Waals surface area (Å²) in [6.07, 6.45) is 4.33. The highest BCUT2D eigenvalue weighted by molar-refractivity contribution is 8.00. The number of thiophene rings is 1. The number of fused-ring (bicyclic) bond motifs is 1. The van der Waals surface area contributed by atoms with Gasteiger partial charge in [-0.3, -0.25) is 14.4 Å². The highest BCUT2D eigenvalue weighted by Gasteiger charge is 2.32. The van der Waals surface area contributed by atoms with Crippen molar-refractivity contribution >= 4 is 86.8 Å². The van der Waals surface area contributed by atoms with Gasteiger partial charge in [-0.1, -0.05) is 90.8 Å². The monoisotopic (exact) mass is 797 g/mol. The molecule has 0 saturated carbocycles. The second-order valence-corrected chi connectivity index (χ2v) is 15.7. The molecule has 0 fully saturated rings. The fraction of sp³-hybridized carbons (Fsp3) is 0.190. The number of amides is 3. The maximum absolute atomic E-state index is 13.8. The third kappa shape index (κ3) is 9.25. The van der Waals surface area contributed by atoms with E-state index in [9.17, 15) is 19.2 Å². The molecule has 3 N–H and O–H groups in total. The van der Waals surface area contributed by atoms with E-state index >= 15 is 0 Å². The lowest BCUT2D eigenvalue weighted by molar-refractivity contribution is -0.116. The molecule has 0 bridgehead atoms. The van der Waals surface area contributed by atoms with Gasteiger partial charge in [0, 0.05) is 36.6 Å². The van der Waals surface area contributed by atoms with E-state index in [1.165, 1.54) is 41.8 Å². The molecule has 0 saturated heterocycles. The molecule has 3 amide bonds. The lowest BCUT2D eigenvalue weighted by Crippen LogP contribution is -2.30. The third-order valence-corrected chi connectivity index (χ3v) is 12.2. The van der Waals surface area contributed by atoms with E-state index in [-0.39, 0.29) is 11.6 Å². The molecule has 5 aromatic rings. The number of anilines is 2. The standard InChI is InChI=1S/C42H37Cl2N3O5S2/c1-3-35(40(50)47-41-37(42(51)52-2)30-21-20-27(22-36(30)54-41)25-12-6-4-7-13-25)53-29-17-10-16-28(23-29)45-39(49)34(24-31-32(43)18-11-19-33(31)44)46-38(48)26-14-8-5-9-15-26/h4-19,23-24,27,35H,3,20-22H2,1-2H3,(H,45,49)(H,46,48)(H,47,50)/b34-24+. The van der Waals surface area contributed by atoms with E-state index in [0.717, 1.165) is 28.2 Å². The highest BCUT2D eigenvalue weighted by Crippen LogP contribution is 2.43. The van der Waals surface area contributed by atoms with Crippen LogP contribution in [0, 0.1) is 0 Å². The van der Waals surface area contributed by atoms with Gasteiger partial charge in [-0.25, -0.2) is 4.79 Å². The van der Waals surface area contributed by atoms with Crippen LogP contribution in [0.15, 0.2) is 114 Å². The number of carbonyl (C=O) groups excluding carboxylic acids is 4. The van der Waals surface area contributed by atoms with E-state index < -0.39 is 23.0 Å². The van der Waals surface area contributed by atoms with Crippen molar-refractivity contribution in [3.05, 3.63) is 152 Å². The Labute approximate surface area is 332 Å². The Bertz CT molecular complexity index is 2190. The van der Waals surface area contributed by atoms with Crippen molar-refractivity contribution in [2.45, 2.75) is 48.7 Å². The summed E-state index contributed by atoms with van der Waals surface area (Å²) in [7, 11) is 1.35. The van der Waals surface area contributed by atoms with Crippen LogP contribution in [0.25, 0.3) is 6.08 Å². The van der Waals surface area contributed by atoms with Gasteiger partial charge in [-0.05, 0) is 91.3 Å². The maximum Gasteiger partial charge on any atom is 0.341 e. The summed E-state index contributed by atoms with van der Waals surface area (Å²) in [6, 6.07) is 30.9. The zero-order valence-electron chi connectivity index (χ0n) is 29.5. The second kappa shape index (κ2) is 18.0. The second-order valence-electron chi connectivity index (χ2n) is 12.5. The summed E-state index contributed by atoms with van der Waals surface area (Å²) < 4.78 is 5.16. The zero-order valence-corrected chi connectivity index (χ0v) is 32.6. The van der Waals surface area contributed by atoms with Gasteiger partial charge >= 0.3 is 5.97 Å². The molecule has 0 aliphatic heterocycles. The predicted octanol–water partition coefficient (Wildman–Crippen LogP) is 10.0. The molecular weight excluding hydrogens is 762 g/mol. The minimum absolute atomic E-state index is 0.0714.